The summed E-state index contributed by atoms with van der Waals surface area (Å²) in [5, 5.41) is 13.6. The molecule has 0 amide bonds. The number of hydrogen-bond acceptors (Lipinski definition) is 4. The van der Waals surface area contributed by atoms with E-state index in [0.29, 0.717) is 6.42 Å². The summed E-state index contributed by atoms with van der Waals surface area (Å²) in [4.78, 5) is 7.27. The molecule has 3 rings (SSSR count). The Morgan fingerprint density at radius 3 is 2.80 bits per heavy atom. The van der Waals surface area contributed by atoms with Crippen molar-refractivity contribution in [1.29, 1.82) is 0 Å². The van der Waals surface area contributed by atoms with Gasteiger partial charge in [-0.05, 0) is 30.9 Å². The van der Waals surface area contributed by atoms with Gasteiger partial charge in [0, 0.05) is 27.0 Å². The maximum Gasteiger partial charge on any atom is 0.0958 e. The molecule has 0 saturated heterocycles. The summed E-state index contributed by atoms with van der Waals surface area (Å²) in [6, 6.07) is 2.20. The molecule has 2 nitrogen and oxygen atoms in total. The topological polar surface area (TPSA) is 33.1 Å². The third-order valence-corrected chi connectivity index (χ3v) is 5.99. The van der Waals surface area contributed by atoms with E-state index in [0.717, 1.165) is 15.6 Å². The summed E-state index contributed by atoms with van der Waals surface area (Å²) in [6.07, 6.45) is 3.89. The number of aliphatic hydroxyl groups is 1. The molecule has 4 heteroatoms. The Kier molecular flexibility index (Phi) is 3.73. The van der Waals surface area contributed by atoms with Gasteiger partial charge >= 0.3 is 0 Å². The molecule has 0 bridgehead atoms. The fourth-order valence-electron chi connectivity index (χ4n) is 2.53. The number of thiazole rings is 1. The SMILES string of the molecule is CC(C)(C)c1csc(CC(O)c2cc3c(s2)CCC3)n1. The molecule has 0 fully saturated rings. The highest BCUT2D eigenvalue weighted by atomic mass is 32.1. The standard InChI is InChI=1S/C16H21NOS2/c1-16(2,3)14-9-19-15(17-14)8-11(18)13-7-10-5-4-6-12(10)20-13/h7,9,11,18H,4-6,8H2,1-3H3. The van der Waals surface area contributed by atoms with Crippen molar-refractivity contribution in [3.05, 3.63) is 37.5 Å². The first-order chi connectivity index (χ1) is 9.43. The zero-order valence-electron chi connectivity index (χ0n) is 12.3. The van der Waals surface area contributed by atoms with Gasteiger partial charge in [0.15, 0.2) is 0 Å². The Balaban J connectivity index is 1.72. The van der Waals surface area contributed by atoms with Gasteiger partial charge in [-0.2, -0.15) is 0 Å². The second-order valence-corrected chi connectivity index (χ2v) is 8.66. The Morgan fingerprint density at radius 2 is 2.15 bits per heavy atom. The molecule has 1 atom stereocenters. The van der Waals surface area contributed by atoms with Gasteiger partial charge in [-0.1, -0.05) is 20.8 Å². The number of nitrogens with zero attached hydrogens (tertiary/aromatic N) is 1. The third kappa shape index (κ3) is 2.83. The first kappa shape index (κ1) is 14.2. The molecular formula is C16H21NOS2. The van der Waals surface area contributed by atoms with Crippen LogP contribution in [0.2, 0.25) is 0 Å². The molecule has 1 N–H and O–H groups in total. The van der Waals surface area contributed by atoms with Crippen molar-refractivity contribution in [2.24, 2.45) is 0 Å². The van der Waals surface area contributed by atoms with Crippen LogP contribution in [0.5, 0.6) is 0 Å². The maximum atomic E-state index is 10.4. The average molecular weight is 307 g/mol. The van der Waals surface area contributed by atoms with Crippen LogP contribution in [0.3, 0.4) is 0 Å². The third-order valence-electron chi connectivity index (χ3n) is 3.78. The lowest BCUT2D eigenvalue weighted by Crippen LogP contribution is -2.11. The molecule has 0 aliphatic heterocycles. The van der Waals surface area contributed by atoms with Crippen molar-refractivity contribution in [1.82, 2.24) is 4.98 Å². The van der Waals surface area contributed by atoms with Gasteiger partial charge in [0.1, 0.15) is 0 Å². The van der Waals surface area contributed by atoms with E-state index in [1.165, 1.54) is 29.7 Å². The number of rotatable bonds is 3. The minimum absolute atomic E-state index is 0.0871. The Hall–Kier alpha value is -0.710. The van der Waals surface area contributed by atoms with E-state index >= 15 is 0 Å². The predicted octanol–water partition coefficient (Wildman–Crippen LogP) is 4.27. The van der Waals surface area contributed by atoms with Crippen molar-refractivity contribution >= 4 is 22.7 Å². The quantitative estimate of drug-likeness (QED) is 0.918. The molecule has 2 aromatic heterocycles. The van der Waals surface area contributed by atoms with Crippen molar-refractivity contribution in [2.75, 3.05) is 0 Å². The molecule has 0 aromatic carbocycles. The molecule has 1 unspecified atom stereocenters. The van der Waals surface area contributed by atoms with Crippen molar-refractivity contribution in [3.63, 3.8) is 0 Å². The van der Waals surface area contributed by atoms with E-state index in [-0.39, 0.29) is 5.41 Å². The van der Waals surface area contributed by atoms with Gasteiger partial charge in [-0.25, -0.2) is 4.98 Å². The average Bonchev–Trinajstić information content (AvgIpc) is 3.00. The van der Waals surface area contributed by atoms with Crippen LogP contribution in [-0.4, -0.2) is 10.1 Å². The minimum atomic E-state index is -0.399. The van der Waals surface area contributed by atoms with Crippen molar-refractivity contribution in [2.45, 2.75) is 58.0 Å². The van der Waals surface area contributed by atoms with E-state index in [1.54, 1.807) is 22.7 Å². The summed E-state index contributed by atoms with van der Waals surface area (Å²) in [5.74, 6) is 0. The highest BCUT2D eigenvalue weighted by Crippen LogP contribution is 2.35. The lowest BCUT2D eigenvalue weighted by atomic mass is 9.93. The number of fused-ring (bicyclic) bond motifs is 1. The fraction of sp³-hybridized carbons (Fsp3) is 0.562. The molecule has 0 saturated carbocycles. The molecule has 20 heavy (non-hydrogen) atoms. The number of hydrogen-bond donors (Lipinski definition) is 1. The molecule has 0 spiro atoms. The smallest absolute Gasteiger partial charge is 0.0958 e. The molecule has 1 aliphatic rings. The lowest BCUT2D eigenvalue weighted by molar-refractivity contribution is 0.182. The van der Waals surface area contributed by atoms with Crippen LogP contribution in [0.15, 0.2) is 11.4 Å². The summed E-state index contributed by atoms with van der Waals surface area (Å²) in [7, 11) is 0. The van der Waals surface area contributed by atoms with Crippen LogP contribution < -0.4 is 0 Å². The number of thiophene rings is 1. The van der Waals surface area contributed by atoms with E-state index in [9.17, 15) is 5.11 Å². The second-order valence-electron chi connectivity index (χ2n) is 6.55. The van der Waals surface area contributed by atoms with Crippen LogP contribution >= 0.6 is 22.7 Å². The van der Waals surface area contributed by atoms with E-state index < -0.39 is 6.10 Å². The number of aryl methyl sites for hydroxylation is 2. The number of aliphatic hydroxyl groups excluding tert-OH is 1. The Morgan fingerprint density at radius 1 is 1.35 bits per heavy atom. The summed E-state index contributed by atoms with van der Waals surface area (Å²) < 4.78 is 0. The maximum absolute atomic E-state index is 10.4. The molecule has 1 aliphatic carbocycles. The van der Waals surface area contributed by atoms with E-state index in [1.807, 2.05) is 0 Å². The largest absolute Gasteiger partial charge is 0.387 e. The highest BCUT2D eigenvalue weighted by molar-refractivity contribution is 7.12. The molecule has 0 radical (unpaired) electrons. The van der Waals surface area contributed by atoms with Crippen LogP contribution in [0.25, 0.3) is 0 Å². The van der Waals surface area contributed by atoms with Gasteiger partial charge in [0.05, 0.1) is 16.8 Å². The summed E-state index contributed by atoms with van der Waals surface area (Å²) >= 11 is 3.45. The number of aromatic nitrogens is 1. The first-order valence-corrected chi connectivity index (χ1v) is 8.87. The highest BCUT2D eigenvalue weighted by Gasteiger charge is 2.21. The van der Waals surface area contributed by atoms with Crippen LogP contribution in [0.1, 0.15) is 59.3 Å². The van der Waals surface area contributed by atoms with E-state index in [2.05, 4.69) is 37.2 Å². The zero-order valence-corrected chi connectivity index (χ0v) is 13.9. The van der Waals surface area contributed by atoms with Gasteiger partial charge in [-0.3, -0.25) is 0 Å². The zero-order chi connectivity index (χ0) is 14.3. The van der Waals surface area contributed by atoms with Gasteiger partial charge in [-0.15, -0.1) is 22.7 Å². The molecule has 2 heterocycles. The monoisotopic (exact) mass is 307 g/mol. The summed E-state index contributed by atoms with van der Waals surface area (Å²) in [6.45, 7) is 6.52. The lowest BCUT2D eigenvalue weighted by Gasteiger charge is -2.14. The van der Waals surface area contributed by atoms with Gasteiger partial charge < -0.3 is 5.11 Å². The van der Waals surface area contributed by atoms with Gasteiger partial charge in [0.25, 0.3) is 0 Å². The minimum Gasteiger partial charge on any atom is -0.387 e. The van der Waals surface area contributed by atoms with Crippen LogP contribution in [0.4, 0.5) is 0 Å². The predicted molar refractivity (Wildman–Crippen MR) is 85.8 cm³/mol. The van der Waals surface area contributed by atoms with Crippen LogP contribution in [-0.2, 0) is 24.7 Å². The van der Waals surface area contributed by atoms with E-state index in [4.69, 9.17) is 0 Å². The van der Waals surface area contributed by atoms with Gasteiger partial charge in [0.2, 0.25) is 0 Å². The second kappa shape index (κ2) is 5.24. The Labute approximate surface area is 128 Å². The first-order valence-electron chi connectivity index (χ1n) is 7.18. The molecule has 2 aromatic rings. The Bertz CT molecular complexity index is 585. The summed E-state index contributed by atoms with van der Waals surface area (Å²) in [5.41, 5.74) is 2.67. The molecular weight excluding hydrogens is 286 g/mol. The fourth-order valence-corrected chi connectivity index (χ4v) is 4.83. The molecule has 108 valence electrons. The van der Waals surface area contributed by atoms with Crippen molar-refractivity contribution in [3.8, 4) is 0 Å². The van der Waals surface area contributed by atoms with Crippen molar-refractivity contribution < 1.29 is 5.11 Å². The van der Waals surface area contributed by atoms with Crippen LogP contribution in [0, 0.1) is 0 Å². The normalized spacial score (nSPS) is 16.4.